The van der Waals surface area contributed by atoms with Gasteiger partial charge in [0.1, 0.15) is 11.3 Å². The number of benzene rings is 4. The normalized spacial score (nSPS) is 21.1. The van der Waals surface area contributed by atoms with Crippen molar-refractivity contribution >= 4 is 57.4 Å². The Bertz CT molecular complexity index is 2260. The summed E-state index contributed by atoms with van der Waals surface area (Å²) in [4.78, 5) is 35.8. The van der Waals surface area contributed by atoms with E-state index in [4.69, 9.17) is 27.9 Å². The highest BCUT2D eigenvalue weighted by molar-refractivity contribution is 6.32. The van der Waals surface area contributed by atoms with Crippen molar-refractivity contribution in [2.75, 3.05) is 13.1 Å². The lowest BCUT2D eigenvalue weighted by Crippen LogP contribution is -2.42. The number of nitrogens with one attached hydrogen (secondary N) is 2. The van der Waals surface area contributed by atoms with Gasteiger partial charge in [-0.05, 0) is 85.2 Å². The summed E-state index contributed by atoms with van der Waals surface area (Å²) in [5.41, 5.74) is 7.77. The summed E-state index contributed by atoms with van der Waals surface area (Å²) in [6.07, 6.45) is 4.81. The van der Waals surface area contributed by atoms with Gasteiger partial charge in [0, 0.05) is 51.7 Å². The van der Waals surface area contributed by atoms with E-state index in [1.165, 1.54) is 0 Å². The molecule has 2 amide bonds. The summed E-state index contributed by atoms with van der Waals surface area (Å²) < 4.78 is 5.77. The number of carbonyl (C=O) groups is 2. The number of ether oxygens (including phenoxy) is 1. The summed E-state index contributed by atoms with van der Waals surface area (Å²) in [7, 11) is 0. The fourth-order valence-electron chi connectivity index (χ4n) is 8.25. The Morgan fingerprint density at radius 3 is 2.26 bits per heavy atom. The van der Waals surface area contributed by atoms with E-state index in [0.717, 1.165) is 56.4 Å². The Morgan fingerprint density at radius 1 is 0.868 bits per heavy atom. The van der Waals surface area contributed by atoms with Crippen LogP contribution in [-0.2, 0) is 4.74 Å². The van der Waals surface area contributed by atoms with Crippen LogP contribution in [0.25, 0.3) is 22.2 Å². The van der Waals surface area contributed by atoms with Crippen LogP contribution in [0, 0.1) is 5.92 Å². The van der Waals surface area contributed by atoms with E-state index < -0.39 is 11.7 Å². The number of halogens is 2. The van der Waals surface area contributed by atoms with Gasteiger partial charge in [-0.25, -0.2) is 4.79 Å². The van der Waals surface area contributed by atoms with Crippen LogP contribution in [0.5, 0.6) is 0 Å². The third kappa shape index (κ3) is 6.62. The molecule has 0 spiro atoms. The Morgan fingerprint density at radius 2 is 1.57 bits per heavy atom. The summed E-state index contributed by atoms with van der Waals surface area (Å²) in [5, 5.41) is 5.58. The van der Waals surface area contributed by atoms with Gasteiger partial charge in [0.15, 0.2) is 0 Å². The van der Waals surface area contributed by atoms with E-state index >= 15 is 0 Å². The van der Waals surface area contributed by atoms with Crippen LogP contribution in [0.3, 0.4) is 0 Å². The number of hydrogen-bond acceptors (Lipinski definition) is 4. The van der Waals surface area contributed by atoms with E-state index in [1.54, 1.807) is 4.90 Å². The predicted octanol–water partition coefficient (Wildman–Crippen LogP) is 10.4. The van der Waals surface area contributed by atoms with E-state index in [2.05, 4.69) is 70.8 Å². The number of rotatable bonds is 5. The zero-order valence-corrected chi connectivity index (χ0v) is 31.7. The van der Waals surface area contributed by atoms with Crippen molar-refractivity contribution < 1.29 is 14.3 Å². The molecule has 4 atom stereocenters. The molecule has 0 aliphatic carbocycles. The number of H-pyrrole nitrogens is 1. The monoisotopic (exact) mass is 744 g/mol. The number of hydrogen-bond donors (Lipinski definition) is 2. The Kier molecular flexibility index (Phi) is 9.12. The molecule has 8 rings (SSSR count). The molecule has 5 aromatic rings. The molecule has 1 fully saturated rings. The number of allylic oxidation sites excluding steroid dienone is 2. The summed E-state index contributed by atoms with van der Waals surface area (Å²) in [5.74, 6) is -0.237. The lowest BCUT2D eigenvalue weighted by Gasteiger charge is -2.39. The Balaban J connectivity index is 1.30. The van der Waals surface area contributed by atoms with E-state index in [0.29, 0.717) is 28.8 Å². The molecule has 4 aromatic carbocycles. The number of aromatic nitrogens is 1. The molecule has 7 nitrogen and oxygen atoms in total. The smallest absolute Gasteiger partial charge is 0.410 e. The second kappa shape index (κ2) is 13.8. The average molecular weight is 746 g/mol. The van der Waals surface area contributed by atoms with E-state index in [-0.39, 0.29) is 29.8 Å². The standard InChI is InChI=1S/C44H42Cl2N4O3/c1-26-12-11-21-50-40(29-17-19-30(45)20-18-29)32-22-31(46)23-34-37(32)38(41(50)36(26)28-15-9-6-10-16-28)39(47-34)42(51)48-35-25-49(43(52)53-44(2,3)4)24-33(35)27-13-7-5-8-14-27/h5-11,13-23,26,33,35,40,47H,12,24-25H2,1-4H3,(H,48,51). The van der Waals surface area contributed by atoms with Crippen LogP contribution in [-0.4, -0.2) is 51.5 Å². The molecule has 9 heteroatoms. The lowest BCUT2D eigenvalue weighted by atomic mass is 9.82. The van der Waals surface area contributed by atoms with Crippen molar-refractivity contribution in [3.05, 3.63) is 153 Å². The van der Waals surface area contributed by atoms with Gasteiger partial charge in [-0.2, -0.15) is 0 Å². The van der Waals surface area contributed by atoms with Crippen molar-refractivity contribution in [1.29, 1.82) is 0 Å². The maximum Gasteiger partial charge on any atom is 0.410 e. The number of fused-ring (bicyclic) bond motifs is 2. The van der Waals surface area contributed by atoms with Gasteiger partial charge in [0.25, 0.3) is 5.91 Å². The maximum atomic E-state index is 14.9. The molecule has 0 bridgehead atoms. The van der Waals surface area contributed by atoms with Gasteiger partial charge in [0.2, 0.25) is 0 Å². The molecular formula is C44H42Cl2N4O3. The number of aromatic amines is 1. The van der Waals surface area contributed by atoms with Crippen molar-refractivity contribution in [2.24, 2.45) is 5.92 Å². The van der Waals surface area contributed by atoms with E-state index in [1.807, 2.05) is 81.4 Å². The van der Waals surface area contributed by atoms with Crippen molar-refractivity contribution in [3.63, 3.8) is 0 Å². The third-order valence-electron chi connectivity index (χ3n) is 10.5. The Labute approximate surface area is 320 Å². The van der Waals surface area contributed by atoms with E-state index in [9.17, 15) is 9.59 Å². The molecule has 0 radical (unpaired) electrons. The molecule has 4 unspecified atom stereocenters. The van der Waals surface area contributed by atoms with Gasteiger partial charge in [0.05, 0.1) is 17.8 Å². The number of carbonyl (C=O) groups excluding carboxylic acids is 2. The lowest BCUT2D eigenvalue weighted by molar-refractivity contribution is 0.0288. The zero-order chi connectivity index (χ0) is 37.0. The largest absolute Gasteiger partial charge is 0.444 e. The Hall–Kier alpha value is -4.98. The van der Waals surface area contributed by atoms with Crippen molar-refractivity contribution in [1.82, 2.24) is 20.1 Å². The number of nitrogens with zero attached hydrogens (tertiary/aromatic N) is 2. The first kappa shape index (κ1) is 35.1. The van der Waals surface area contributed by atoms with Gasteiger partial charge >= 0.3 is 6.09 Å². The summed E-state index contributed by atoms with van der Waals surface area (Å²) in [6.45, 7) is 8.56. The van der Waals surface area contributed by atoms with Gasteiger partial charge in [-0.1, -0.05) is 109 Å². The quantitative estimate of drug-likeness (QED) is 0.188. The maximum absolute atomic E-state index is 14.9. The molecular weight excluding hydrogens is 703 g/mol. The van der Waals surface area contributed by atoms with Crippen LogP contribution >= 0.6 is 23.2 Å². The number of likely N-dealkylation sites (tertiary alicyclic amines) is 1. The minimum absolute atomic E-state index is 0.135. The highest BCUT2D eigenvalue weighted by Gasteiger charge is 2.42. The van der Waals surface area contributed by atoms with Gasteiger partial charge in [-0.15, -0.1) is 0 Å². The molecule has 1 saturated heterocycles. The van der Waals surface area contributed by atoms with Crippen LogP contribution in [0.1, 0.15) is 84.4 Å². The molecule has 3 aliphatic heterocycles. The summed E-state index contributed by atoms with van der Waals surface area (Å²) in [6, 6.07) is 31.8. The van der Waals surface area contributed by atoms with Crippen LogP contribution in [0.2, 0.25) is 10.0 Å². The first-order valence-electron chi connectivity index (χ1n) is 18.2. The molecule has 53 heavy (non-hydrogen) atoms. The zero-order valence-electron chi connectivity index (χ0n) is 30.2. The SMILES string of the molecule is CC1CC=CN2C(=C1c1ccccc1)c1c(C(=O)NC3CN(C(=O)OC(C)(C)C)CC3c3ccccc3)[nH]c3cc(Cl)cc(c13)C2c1ccc(Cl)cc1. The predicted molar refractivity (Wildman–Crippen MR) is 213 cm³/mol. The minimum Gasteiger partial charge on any atom is -0.444 e. The average Bonchev–Trinajstić information content (AvgIpc) is 3.68. The fraction of sp³-hybridized carbons (Fsp3) is 0.273. The topological polar surface area (TPSA) is 77.7 Å². The van der Waals surface area contributed by atoms with Gasteiger partial charge in [-0.3, -0.25) is 4.79 Å². The molecule has 3 aliphatic rings. The molecule has 270 valence electrons. The summed E-state index contributed by atoms with van der Waals surface area (Å²) >= 11 is 13.3. The van der Waals surface area contributed by atoms with Crippen LogP contribution in [0.15, 0.2) is 109 Å². The minimum atomic E-state index is -0.642. The number of amides is 2. The molecule has 2 N–H and O–H groups in total. The highest BCUT2D eigenvalue weighted by atomic mass is 35.5. The molecule has 1 aromatic heterocycles. The van der Waals surface area contributed by atoms with Crippen LogP contribution < -0.4 is 5.32 Å². The van der Waals surface area contributed by atoms with Gasteiger partial charge < -0.3 is 24.8 Å². The van der Waals surface area contributed by atoms with Crippen LogP contribution in [0.4, 0.5) is 4.79 Å². The van der Waals surface area contributed by atoms with Crippen molar-refractivity contribution in [3.8, 4) is 0 Å². The second-order valence-electron chi connectivity index (χ2n) is 15.3. The molecule has 4 heterocycles. The third-order valence-corrected chi connectivity index (χ3v) is 10.9. The van der Waals surface area contributed by atoms with Crippen molar-refractivity contribution in [2.45, 2.75) is 57.7 Å². The first-order valence-corrected chi connectivity index (χ1v) is 18.9. The highest BCUT2D eigenvalue weighted by Crippen LogP contribution is 2.53. The molecule has 0 saturated carbocycles. The first-order chi connectivity index (χ1) is 25.5. The fourth-order valence-corrected chi connectivity index (χ4v) is 8.60. The second-order valence-corrected chi connectivity index (χ2v) is 16.2.